The summed E-state index contributed by atoms with van der Waals surface area (Å²) in [5.74, 6) is -0.574. The second-order valence-corrected chi connectivity index (χ2v) is 6.32. The standard InChI is InChI=1S/C13H6Cl2N2O3S/c14-9-5-8(10(15)21-9)12-17-16-11(20-12)6-2-1-3-7(4-6)13(18)19/h1-5H,(H,18,19). The summed E-state index contributed by atoms with van der Waals surface area (Å²) >= 11 is 13.1. The lowest BCUT2D eigenvalue weighted by molar-refractivity contribution is 0.0697. The number of hydrogen-bond donors (Lipinski definition) is 1. The molecule has 1 aromatic carbocycles. The van der Waals surface area contributed by atoms with Gasteiger partial charge in [0.15, 0.2) is 0 Å². The predicted octanol–water partition coefficient (Wildman–Crippen LogP) is 4.47. The van der Waals surface area contributed by atoms with Gasteiger partial charge in [-0.25, -0.2) is 4.79 Å². The third kappa shape index (κ3) is 2.78. The van der Waals surface area contributed by atoms with E-state index in [-0.39, 0.29) is 17.3 Å². The molecule has 3 rings (SSSR count). The highest BCUT2D eigenvalue weighted by atomic mass is 35.5. The minimum atomic E-state index is -1.02. The van der Waals surface area contributed by atoms with E-state index in [1.165, 1.54) is 23.5 Å². The number of aromatic nitrogens is 2. The Morgan fingerprint density at radius 2 is 1.95 bits per heavy atom. The van der Waals surface area contributed by atoms with Gasteiger partial charge in [-0.3, -0.25) is 0 Å². The molecule has 0 radical (unpaired) electrons. The molecule has 0 saturated carbocycles. The third-order valence-corrected chi connectivity index (χ3v) is 4.16. The molecule has 0 aliphatic heterocycles. The number of nitrogens with zero attached hydrogens (tertiary/aromatic N) is 2. The molecule has 0 atom stereocenters. The van der Waals surface area contributed by atoms with E-state index < -0.39 is 5.97 Å². The van der Waals surface area contributed by atoms with E-state index in [4.69, 9.17) is 32.7 Å². The van der Waals surface area contributed by atoms with Crippen molar-refractivity contribution in [3.63, 3.8) is 0 Å². The van der Waals surface area contributed by atoms with Gasteiger partial charge in [-0.2, -0.15) is 0 Å². The van der Waals surface area contributed by atoms with Crippen molar-refractivity contribution in [1.82, 2.24) is 10.2 Å². The van der Waals surface area contributed by atoms with Gasteiger partial charge in [0.25, 0.3) is 5.89 Å². The van der Waals surface area contributed by atoms with E-state index in [2.05, 4.69) is 10.2 Å². The average molecular weight is 341 g/mol. The van der Waals surface area contributed by atoms with E-state index in [1.54, 1.807) is 18.2 Å². The zero-order valence-electron chi connectivity index (χ0n) is 10.2. The molecule has 3 aromatic rings. The Bertz CT molecular complexity index is 828. The molecule has 0 bridgehead atoms. The fraction of sp³-hybridized carbons (Fsp3) is 0. The smallest absolute Gasteiger partial charge is 0.335 e. The summed E-state index contributed by atoms with van der Waals surface area (Å²) in [5.41, 5.74) is 1.22. The Morgan fingerprint density at radius 1 is 1.19 bits per heavy atom. The van der Waals surface area contributed by atoms with Gasteiger partial charge in [0, 0.05) is 5.56 Å². The van der Waals surface area contributed by atoms with E-state index in [0.29, 0.717) is 19.8 Å². The van der Waals surface area contributed by atoms with Crippen LogP contribution >= 0.6 is 34.5 Å². The van der Waals surface area contributed by atoms with Crippen LogP contribution in [0.4, 0.5) is 0 Å². The molecule has 106 valence electrons. The molecule has 5 nitrogen and oxygen atoms in total. The van der Waals surface area contributed by atoms with Crippen LogP contribution in [0.5, 0.6) is 0 Å². The van der Waals surface area contributed by atoms with Gasteiger partial charge in [-0.15, -0.1) is 21.5 Å². The van der Waals surface area contributed by atoms with E-state index >= 15 is 0 Å². The number of rotatable bonds is 3. The summed E-state index contributed by atoms with van der Waals surface area (Å²) in [7, 11) is 0. The second-order valence-electron chi connectivity index (χ2n) is 4.04. The maximum Gasteiger partial charge on any atom is 0.335 e. The van der Waals surface area contributed by atoms with Gasteiger partial charge < -0.3 is 9.52 Å². The van der Waals surface area contributed by atoms with Gasteiger partial charge in [0.2, 0.25) is 5.89 Å². The summed E-state index contributed by atoms with van der Waals surface area (Å²) in [5, 5.41) is 16.8. The molecule has 1 N–H and O–H groups in total. The predicted molar refractivity (Wildman–Crippen MR) is 80.0 cm³/mol. The molecule has 0 aliphatic carbocycles. The average Bonchev–Trinajstić information content (AvgIpc) is 3.05. The fourth-order valence-electron chi connectivity index (χ4n) is 1.72. The van der Waals surface area contributed by atoms with Crippen LogP contribution in [0.25, 0.3) is 22.9 Å². The molecule has 0 spiro atoms. The molecule has 0 amide bonds. The molecule has 0 saturated heterocycles. The van der Waals surface area contributed by atoms with Crippen molar-refractivity contribution < 1.29 is 14.3 Å². The normalized spacial score (nSPS) is 10.8. The van der Waals surface area contributed by atoms with Gasteiger partial charge in [-0.05, 0) is 24.3 Å². The molecule has 8 heteroatoms. The topological polar surface area (TPSA) is 76.2 Å². The fourth-order valence-corrected chi connectivity index (χ4v) is 3.17. The molecule has 0 aliphatic rings. The highest BCUT2D eigenvalue weighted by molar-refractivity contribution is 7.20. The Labute approximate surface area is 132 Å². The molecule has 0 fully saturated rings. The van der Waals surface area contributed by atoms with Gasteiger partial charge in [0.05, 0.1) is 15.5 Å². The lowest BCUT2D eigenvalue weighted by Crippen LogP contribution is -1.95. The first-order valence-electron chi connectivity index (χ1n) is 5.67. The maximum atomic E-state index is 11.0. The SMILES string of the molecule is O=C(O)c1cccc(-c2nnc(-c3cc(Cl)sc3Cl)o2)c1. The Kier molecular flexibility index (Phi) is 3.67. The number of benzene rings is 1. The van der Waals surface area contributed by atoms with Crippen LogP contribution < -0.4 is 0 Å². The van der Waals surface area contributed by atoms with Gasteiger partial charge in [0.1, 0.15) is 4.34 Å². The monoisotopic (exact) mass is 340 g/mol. The van der Waals surface area contributed by atoms with Crippen molar-refractivity contribution in [2.45, 2.75) is 0 Å². The maximum absolute atomic E-state index is 11.0. The molecule has 2 aromatic heterocycles. The Morgan fingerprint density at radius 3 is 2.62 bits per heavy atom. The number of aromatic carboxylic acids is 1. The lowest BCUT2D eigenvalue weighted by atomic mass is 10.1. The quantitative estimate of drug-likeness (QED) is 0.761. The minimum absolute atomic E-state index is 0.142. The number of hydrogen-bond acceptors (Lipinski definition) is 5. The number of carbonyl (C=O) groups is 1. The highest BCUT2D eigenvalue weighted by Gasteiger charge is 2.16. The third-order valence-electron chi connectivity index (χ3n) is 2.67. The molecule has 2 heterocycles. The molecule has 0 unspecified atom stereocenters. The first-order valence-corrected chi connectivity index (χ1v) is 7.24. The zero-order valence-corrected chi connectivity index (χ0v) is 12.5. The van der Waals surface area contributed by atoms with Crippen LogP contribution in [-0.2, 0) is 0 Å². The van der Waals surface area contributed by atoms with Crippen molar-refractivity contribution in [2.24, 2.45) is 0 Å². The number of halogens is 2. The largest absolute Gasteiger partial charge is 0.478 e. The molecule has 21 heavy (non-hydrogen) atoms. The summed E-state index contributed by atoms with van der Waals surface area (Å²) < 4.78 is 6.50. The number of carboxylic acids is 1. The Hall–Kier alpha value is -1.89. The molecular weight excluding hydrogens is 335 g/mol. The Balaban J connectivity index is 2.00. The van der Waals surface area contributed by atoms with Crippen molar-refractivity contribution in [1.29, 1.82) is 0 Å². The number of thiophene rings is 1. The zero-order chi connectivity index (χ0) is 15.0. The van der Waals surface area contributed by atoms with Crippen molar-refractivity contribution in [3.8, 4) is 22.9 Å². The van der Waals surface area contributed by atoms with Gasteiger partial charge in [-0.1, -0.05) is 29.3 Å². The van der Waals surface area contributed by atoms with Crippen LogP contribution in [-0.4, -0.2) is 21.3 Å². The summed E-state index contributed by atoms with van der Waals surface area (Å²) in [6, 6.07) is 7.88. The van der Waals surface area contributed by atoms with Crippen molar-refractivity contribution in [2.75, 3.05) is 0 Å². The first-order chi connectivity index (χ1) is 10.0. The van der Waals surface area contributed by atoms with E-state index in [9.17, 15) is 4.79 Å². The van der Waals surface area contributed by atoms with Crippen molar-refractivity contribution in [3.05, 3.63) is 44.6 Å². The van der Waals surface area contributed by atoms with Crippen LogP contribution in [0.2, 0.25) is 8.67 Å². The van der Waals surface area contributed by atoms with E-state index in [1.807, 2.05) is 0 Å². The first kappa shape index (κ1) is 14.1. The van der Waals surface area contributed by atoms with Gasteiger partial charge >= 0.3 is 5.97 Å². The summed E-state index contributed by atoms with van der Waals surface area (Å²) in [6.07, 6.45) is 0. The van der Waals surface area contributed by atoms with Crippen LogP contribution in [0.3, 0.4) is 0 Å². The van der Waals surface area contributed by atoms with Crippen LogP contribution in [0.15, 0.2) is 34.7 Å². The van der Waals surface area contributed by atoms with Crippen LogP contribution in [0, 0.1) is 0 Å². The van der Waals surface area contributed by atoms with Crippen LogP contribution in [0.1, 0.15) is 10.4 Å². The number of carboxylic acid groups (broad SMARTS) is 1. The summed E-state index contributed by atoms with van der Waals surface area (Å²) in [4.78, 5) is 11.0. The lowest BCUT2D eigenvalue weighted by Gasteiger charge is -1.97. The highest BCUT2D eigenvalue weighted by Crippen LogP contribution is 2.38. The second kappa shape index (κ2) is 5.48. The molecular formula is C13H6Cl2N2O3S. The van der Waals surface area contributed by atoms with E-state index in [0.717, 1.165) is 0 Å². The minimum Gasteiger partial charge on any atom is -0.478 e. The summed E-state index contributed by atoms with van der Waals surface area (Å²) in [6.45, 7) is 0. The van der Waals surface area contributed by atoms with Crippen molar-refractivity contribution >= 4 is 40.5 Å².